The van der Waals surface area contributed by atoms with Gasteiger partial charge in [-0.3, -0.25) is 13.9 Å². The van der Waals surface area contributed by atoms with Crippen LogP contribution in [-0.2, 0) is 32.6 Å². The molecule has 0 fully saturated rings. The second-order valence-electron chi connectivity index (χ2n) is 12.0. The molecular formula is C35H36BrCl2N3O4S. The van der Waals surface area contributed by atoms with Crippen LogP contribution in [0.2, 0.25) is 10.0 Å². The molecule has 0 saturated carbocycles. The highest BCUT2D eigenvalue weighted by Crippen LogP contribution is 2.31. The number of carbonyl (C=O) groups is 2. The van der Waals surface area contributed by atoms with E-state index in [0.29, 0.717) is 0 Å². The Morgan fingerprint density at radius 3 is 2.07 bits per heavy atom. The number of nitrogens with zero attached hydrogens (tertiary/aromatic N) is 2. The van der Waals surface area contributed by atoms with Gasteiger partial charge in [-0.25, -0.2) is 8.42 Å². The first kappa shape index (κ1) is 35.5. The molecule has 46 heavy (non-hydrogen) atoms. The summed E-state index contributed by atoms with van der Waals surface area (Å²) in [7, 11) is -4.26. The van der Waals surface area contributed by atoms with Gasteiger partial charge < -0.3 is 10.2 Å². The van der Waals surface area contributed by atoms with Gasteiger partial charge in [0, 0.05) is 23.0 Å². The van der Waals surface area contributed by atoms with E-state index in [1.807, 2.05) is 82.3 Å². The summed E-state index contributed by atoms with van der Waals surface area (Å²) in [5.41, 5.74) is 2.06. The van der Waals surface area contributed by atoms with Crippen molar-refractivity contribution in [3.63, 3.8) is 0 Å². The van der Waals surface area contributed by atoms with Gasteiger partial charge in [0.25, 0.3) is 10.0 Å². The van der Waals surface area contributed by atoms with E-state index in [1.165, 1.54) is 35.2 Å². The molecule has 0 aliphatic heterocycles. The zero-order chi connectivity index (χ0) is 33.6. The van der Waals surface area contributed by atoms with E-state index in [-0.39, 0.29) is 39.5 Å². The second-order valence-corrected chi connectivity index (χ2v) is 15.6. The summed E-state index contributed by atoms with van der Waals surface area (Å²) in [5, 5.41) is 3.40. The van der Waals surface area contributed by atoms with Gasteiger partial charge in [0.15, 0.2) is 0 Å². The van der Waals surface area contributed by atoms with Crippen LogP contribution in [0.1, 0.15) is 37.5 Å². The number of anilines is 1. The van der Waals surface area contributed by atoms with Crippen LogP contribution in [0.15, 0.2) is 106 Å². The standard InChI is InChI=1S/C35H36BrCl2N3O4S/c1-24-10-17-29(18-11-24)46(44,45)41(28-16-19-30(37)31(38)21-28)23-33(42)40(22-26-12-14-27(36)15-13-26)32(34(43)39-35(2,3)4)20-25-8-6-5-7-9-25/h5-19,21,32H,20,22-23H2,1-4H3,(H,39,43). The predicted octanol–water partition coefficient (Wildman–Crippen LogP) is 7.81. The van der Waals surface area contributed by atoms with Crippen molar-refractivity contribution in [3.8, 4) is 0 Å². The van der Waals surface area contributed by atoms with Crippen LogP contribution in [0.3, 0.4) is 0 Å². The Labute approximate surface area is 289 Å². The highest BCUT2D eigenvalue weighted by molar-refractivity contribution is 9.10. The monoisotopic (exact) mass is 743 g/mol. The first-order chi connectivity index (χ1) is 21.6. The van der Waals surface area contributed by atoms with E-state index < -0.39 is 34.1 Å². The van der Waals surface area contributed by atoms with Crippen molar-refractivity contribution < 1.29 is 18.0 Å². The lowest BCUT2D eigenvalue weighted by atomic mass is 10.0. The number of rotatable bonds is 11. The summed E-state index contributed by atoms with van der Waals surface area (Å²) in [6, 6.07) is 26.6. The number of halogens is 3. The maximum Gasteiger partial charge on any atom is 0.264 e. The Bertz CT molecular complexity index is 1780. The molecule has 1 N–H and O–H groups in total. The molecule has 0 radical (unpaired) electrons. The molecule has 7 nitrogen and oxygen atoms in total. The Hall–Kier alpha value is -3.37. The SMILES string of the molecule is Cc1ccc(S(=O)(=O)N(CC(=O)N(Cc2ccc(Br)cc2)C(Cc2ccccc2)C(=O)NC(C)(C)C)c2ccc(Cl)c(Cl)c2)cc1. The summed E-state index contributed by atoms with van der Waals surface area (Å²) in [5.74, 6) is -0.932. The molecule has 1 unspecified atom stereocenters. The summed E-state index contributed by atoms with van der Waals surface area (Å²) in [6.45, 7) is 6.91. The van der Waals surface area contributed by atoms with Crippen molar-refractivity contribution in [3.05, 3.63) is 128 Å². The van der Waals surface area contributed by atoms with Gasteiger partial charge in [-0.1, -0.05) is 99.3 Å². The summed E-state index contributed by atoms with van der Waals surface area (Å²) in [4.78, 5) is 30.0. The first-order valence-electron chi connectivity index (χ1n) is 14.6. The minimum atomic E-state index is -4.26. The van der Waals surface area contributed by atoms with Crippen LogP contribution < -0.4 is 9.62 Å². The average Bonchev–Trinajstić information content (AvgIpc) is 2.99. The number of amides is 2. The zero-order valence-electron chi connectivity index (χ0n) is 26.0. The molecular weight excluding hydrogens is 709 g/mol. The van der Waals surface area contributed by atoms with Crippen LogP contribution in [0.25, 0.3) is 0 Å². The molecule has 11 heteroatoms. The van der Waals surface area contributed by atoms with E-state index in [4.69, 9.17) is 23.2 Å². The van der Waals surface area contributed by atoms with Gasteiger partial charge in [-0.05, 0) is 81.3 Å². The van der Waals surface area contributed by atoms with Gasteiger partial charge in [0.1, 0.15) is 12.6 Å². The highest BCUT2D eigenvalue weighted by Gasteiger charge is 2.35. The van der Waals surface area contributed by atoms with Crippen molar-refractivity contribution in [1.29, 1.82) is 0 Å². The highest BCUT2D eigenvalue weighted by atomic mass is 79.9. The number of benzene rings is 4. The van der Waals surface area contributed by atoms with Crippen molar-refractivity contribution >= 4 is 66.7 Å². The third-order valence-electron chi connectivity index (χ3n) is 7.11. The Morgan fingerprint density at radius 2 is 1.48 bits per heavy atom. The third-order valence-corrected chi connectivity index (χ3v) is 10.2. The van der Waals surface area contributed by atoms with Crippen LogP contribution in [-0.4, -0.2) is 43.3 Å². The Morgan fingerprint density at radius 1 is 0.848 bits per heavy atom. The minimum Gasteiger partial charge on any atom is -0.350 e. The topological polar surface area (TPSA) is 86.8 Å². The van der Waals surface area contributed by atoms with Crippen LogP contribution in [0.4, 0.5) is 5.69 Å². The smallest absolute Gasteiger partial charge is 0.264 e. The van der Waals surface area contributed by atoms with E-state index in [1.54, 1.807) is 12.1 Å². The molecule has 0 aromatic heterocycles. The molecule has 0 heterocycles. The lowest BCUT2D eigenvalue weighted by molar-refractivity contribution is -0.140. The van der Waals surface area contributed by atoms with E-state index in [9.17, 15) is 18.0 Å². The predicted molar refractivity (Wildman–Crippen MR) is 189 cm³/mol. The fourth-order valence-corrected chi connectivity index (χ4v) is 6.76. The molecule has 4 rings (SSSR count). The zero-order valence-corrected chi connectivity index (χ0v) is 29.9. The number of hydrogen-bond acceptors (Lipinski definition) is 4. The van der Waals surface area contributed by atoms with Crippen LogP contribution in [0.5, 0.6) is 0 Å². The minimum absolute atomic E-state index is 0.00254. The molecule has 0 spiro atoms. The quantitative estimate of drug-likeness (QED) is 0.170. The molecule has 0 saturated heterocycles. The summed E-state index contributed by atoms with van der Waals surface area (Å²) < 4.78 is 30.2. The molecule has 242 valence electrons. The number of aryl methyl sites for hydroxylation is 1. The van der Waals surface area contributed by atoms with Crippen molar-refractivity contribution in [2.24, 2.45) is 0 Å². The lowest BCUT2D eigenvalue weighted by Gasteiger charge is -2.35. The van der Waals surface area contributed by atoms with Crippen molar-refractivity contribution in [2.45, 2.75) is 57.1 Å². The largest absolute Gasteiger partial charge is 0.350 e. The van der Waals surface area contributed by atoms with Gasteiger partial charge >= 0.3 is 0 Å². The van der Waals surface area contributed by atoms with Crippen molar-refractivity contribution in [2.75, 3.05) is 10.8 Å². The van der Waals surface area contributed by atoms with E-state index >= 15 is 0 Å². The van der Waals surface area contributed by atoms with Crippen LogP contribution in [0, 0.1) is 6.92 Å². The fraction of sp³-hybridized carbons (Fsp3) is 0.257. The molecule has 4 aromatic carbocycles. The first-order valence-corrected chi connectivity index (χ1v) is 17.6. The molecule has 0 aliphatic rings. The summed E-state index contributed by atoms with van der Waals surface area (Å²) in [6.07, 6.45) is 0.211. The molecule has 0 aliphatic carbocycles. The Kier molecular flexibility index (Phi) is 11.6. The van der Waals surface area contributed by atoms with Crippen LogP contribution >= 0.6 is 39.1 Å². The molecule has 4 aromatic rings. The maximum absolute atomic E-state index is 14.6. The van der Waals surface area contributed by atoms with Crippen molar-refractivity contribution in [1.82, 2.24) is 10.2 Å². The van der Waals surface area contributed by atoms with Gasteiger partial charge in [-0.15, -0.1) is 0 Å². The molecule has 1 atom stereocenters. The lowest BCUT2D eigenvalue weighted by Crippen LogP contribution is -2.56. The summed E-state index contributed by atoms with van der Waals surface area (Å²) >= 11 is 16.0. The van der Waals surface area contributed by atoms with Gasteiger partial charge in [-0.2, -0.15) is 0 Å². The number of carbonyl (C=O) groups excluding carboxylic acids is 2. The Balaban J connectivity index is 1.83. The maximum atomic E-state index is 14.6. The van der Waals surface area contributed by atoms with Gasteiger partial charge in [0.2, 0.25) is 11.8 Å². The number of sulfonamides is 1. The molecule has 2 amide bonds. The number of hydrogen-bond donors (Lipinski definition) is 1. The number of nitrogens with one attached hydrogen (secondary N) is 1. The van der Waals surface area contributed by atoms with E-state index in [0.717, 1.165) is 25.5 Å². The second kappa shape index (κ2) is 15.0. The normalized spacial score (nSPS) is 12.3. The van der Waals surface area contributed by atoms with Gasteiger partial charge in [0.05, 0.1) is 20.6 Å². The third kappa shape index (κ3) is 9.35. The average molecular weight is 746 g/mol. The fourth-order valence-electron chi connectivity index (χ4n) is 4.80. The van der Waals surface area contributed by atoms with E-state index in [2.05, 4.69) is 21.2 Å². The molecule has 0 bridgehead atoms.